The van der Waals surface area contributed by atoms with Crippen molar-refractivity contribution in [2.75, 3.05) is 27.2 Å². The molecule has 0 aromatic rings. The van der Waals surface area contributed by atoms with E-state index in [1.165, 1.54) is 172 Å². The van der Waals surface area contributed by atoms with Crippen LogP contribution >= 0.6 is 0 Å². The number of carboxylic acid groups (broad SMARTS) is 1. The smallest absolute Gasteiger partial charge is 0.303 e. The van der Waals surface area contributed by atoms with Crippen LogP contribution in [-0.2, 0) is 4.79 Å². The van der Waals surface area contributed by atoms with Crippen LogP contribution < -0.4 is 0 Å². The number of carboxylic acids is 1. The van der Waals surface area contributed by atoms with Crippen LogP contribution in [0.3, 0.4) is 0 Å². The molecule has 3 heteroatoms. The summed E-state index contributed by atoms with van der Waals surface area (Å²) in [6.07, 6.45) is 45.6. The van der Waals surface area contributed by atoms with E-state index in [2.05, 4.69) is 45.3 Å². The first kappa shape index (κ1) is 39.9. The van der Waals surface area contributed by atoms with Crippen molar-refractivity contribution in [1.82, 2.24) is 0 Å². The first-order valence-electron chi connectivity index (χ1n) is 18.3. The summed E-state index contributed by atoms with van der Waals surface area (Å²) in [4.78, 5) is 10.5. The van der Waals surface area contributed by atoms with Gasteiger partial charge in [0, 0.05) is 6.42 Å². The second-order valence-corrected chi connectivity index (χ2v) is 13.4. The largest absolute Gasteiger partial charge is 0.481 e. The maximum absolute atomic E-state index is 10.5. The fourth-order valence-electron chi connectivity index (χ4n) is 5.75. The SMILES string of the molecule is CCCCC/C=C\C/C=C\CCCCCCCC[N+](C)(C)CCCCCCCCCCCCCCCCCC(=O)O. The Balaban J connectivity index is 3.34. The molecule has 0 unspecified atom stereocenters. The third-order valence-electron chi connectivity index (χ3n) is 8.62. The number of hydrogen-bond acceptors (Lipinski definition) is 1. The Kier molecular flexibility index (Phi) is 31.0. The van der Waals surface area contributed by atoms with Crippen molar-refractivity contribution in [3.63, 3.8) is 0 Å². The van der Waals surface area contributed by atoms with Gasteiger partial charge in [0.15, 0.2) is 0 Å². The Morgan fingerprint density at radius 3 is 1.22 bits per heavy atom. The predicted octanol–water partition coefficient (Wildman–Crippen LogP) is 12.2. The van der Waals surface area contributed by atoms with Gasteiger partial charge in [-0.25, -0.2) is 0 Å². The zero-order valence-electron chi connectivity index (χ0n) is 28.3. The van der Waals surface area contributed by atoms with Gasteiger partial charge in [-0.2, -0.15) is 0 Å². The van der Waals surface area contributed by atoms with Gasteiger partial charge >= 0.3 is 5.97 Å². The van der Waals surface area contributed by atoms with E-state index < -0.39 is 5.97 Å². The average Bonchev–Trinajstić information content (AvgIpc) is 2.94. The lowest BCUT2D eigenvalue weighted by molar-refractivity contribution is -0.890. The Bertz CT molecular complexity index is 595. The van der Waals surface area contributed by atoms with E-state index >= 15 is 0 Å². The van der Waals surface area contributed by atoms with Crippen molar-refractivity contribution in [1.29, 1.82) is 0 Å². The molecule has 3 nitrogen and oxygen atoms in total. The fraction of sp³-hybridized carbons (Fsp3) is 0.868. The van der Waals surface area contributed by atoms with Gasteiger partial charge in [0.2, 0.25) is 0 Å². The molecule has 0 saturated heterocycles. The van der Waals surface area contributed by atoms with Crippen molar-refractivity contribution in [2.24, 2.45) is 0 Å². The lowest BCUT2D eigenvalue weighted by Gasteiger charge is -2.30. The van der Waals surface area contributed by atoms with E-state index in [1.807, 2.05) is 0 Å². The molecule has 0 aliphatic rings. The second-order valence-electron chi connectivity index (χ2n) is 13.4. The molecule has 0 aromatic carbocycles. The zero-order valence-corrected chi connectivity index (χ0v) is 28.3. The number of allylic oxidation sites excluding steroid dienone is 4. The summed E-state index contributed by atoms with van der Waals surface area (Å²) in [6, 6.07) is 0. The summed E-state index contributed by atoms with van der Waals surface area (Å²) in [5.74, 6) is -0.651. The number of quaternary nitrogens is 1. The van der Waals surface area contributed by atoms with Crippen LogP contribution in [0.5, 0.6) is 0 Å². The first-order chi connectivity index (χ1) is 20.0. The molecule has 0 bridgehead atoms. The molecule has 1 N–H and O–H groups in total. The molecule has 0 aromatic heterocycles. The average molecular weight is 577 g/mol. The van der Waals surface area contributed by atoms with Gasteiger partial charge in [0.05, 0.1) is 27.2 Å². The highest BCUT2D eigenvalue weighted by molar-refractivity contribution is 5.66. The highest BCUT2D eigenvalue weighted by atomic mass is 16.4. The summed E-state index contributed by atoms with van der Waals surface area (Å²) >= 11 is 0. The monoisotopic (exact) mass is 577 g/mol. The van der Waals surface area contributed by atoms with E-state index in [9.17, 15) is 4.79 Å². The Hall–Kier alpha value is -1.09. The van der Waals surface area contributed by atoms with Gasteiger partial charge in [-0.05, 0) is 64.2 Å². The van der Waals surface area contributed by atoms with Gasteiger partial charge < -0.3 is 9.59 Å². The maximum Gasteiger partial charge on any atom is 0.303 e. The van der Waals surface area contributed by atoms with Crippen molar-refractivity contribution in [2.45, 2.75) is 187 Å². The standard InChI is InChI=1S/C38H73NO2/c1-4-5-6-7-8-9-10-11-12-15-18-21-24-27-30-33-36-39(2,3)37-34-31-28-25-22-19-16-13-14-17-20-23-26-29-32-35-38(40)41/h8-9,11-12H,4-7,10,13-37H2,1-3H3/p+1/b9-8-,12-11-. The van der Waals surface area contributed by atoms with Crippen LogP contribution in [-0.4, -0.2) is 42.7 Å². The van der Waals surface area contributed by atoms with E-state index in [0.717, 1.165) is 19.3 Å². The molecule has 0 saturated carbocycles. The Labute approximate surface area is 258 Å². The van der Waals surface area contributed by atoms with Crippen molar-refractivity contribution >= 4 is 5.97 Å². The normalized spacial score (nSPS) is 12.3. The lowest BCUT2D eigenvalue weighted by atomic mass is 10.0. The van der Waals surface area contributed by atoms with Gasteiger partial charge in [-0.3, -0.25) is 4.79 Å². The summed E-state index contributed by atoms with van der Waals surface area (Å²) < 4.78 is 1.21. The summed E-state index contributed by atoms with van der Waals surface area (Å²) in [7, 11) is 4.87. The molecule has 0 fully saturated rings. The van der Waals surface area contributed by atoms with Crippen LogP contribution in [0.15, 0.2) is 24.3 Å². The van der Waals surface area contributed by atoms with Crippen LogP contribution in [0.4, 0.5) is 0 Å². The van der Waals surface area contributed by atoms with Crippen molar-refractivity contribution in [3.05, 3.63) is 24.3 Å². The first-order valence-corrected chi connectivity index (χ1v) is 18.3. The molecular weight excluding hydrogens is 502 g/mol. The van der Waals surface area contributed by atoms with E-state index in [-0.39, 0.29) is 0 Å². The summed E-state index contributed by atoms with van der Waals surface area (Å²) in [5.41, 5.74) is 0. The number of unbranched alkanes of at least 4 members (excludes halogenated alkanes) is 23. The number of carbonyl (C=O) groups is 1. The quantitative estimate of drug-likeness (QED) is 0.0479. The number of aliphatic carboxylic acids is 1. The highest BCUT2D eigenvalue weighted by Crippen LogP contribution is 2.15. The molecule has 0 atom stereocenters. The third-order valence-corrected chi connectivity index (χ3v) is 8.62. The molecule has 0 radical (unpaired) electrons. The number of rotatable bonds is 33. The van der Waals surface area contributed by atoms with Crippen LogP contribution in [0.2, 0.25) is 0 Å². The van der Waals surface area contributed by atoms with Gasteiger partial charge in [0.25, 0.3) is 0 Å². The van der Waals surface area contributed by atoms with Gasteiger partial charge in [-0.15, -0.1) is 0 Å². The van der Waals surface area contributed by atoms with E-state index in [0.29, 0.717) is 6.42 Å². The van der Waals surface area contributed by atoms with Gasteiger partial charge in [-0.1, -0.05) is 140 Å². The van der Waals surface area contributed by atoms with Crippen LogP contribution in [0, 0.1) is 0 Å². The van der Waals surface area contributed by atoms with E-state index in [1.54, 1.807) is 0 Å². The molecule has 0 rings (SSSR count). The van der Waals surface area contributed by atoms with Gasteiger partial charge in [0.1, 0.15) is 0 Å². The molecule has 0 amide bonds. The molecule has 41 heavy (non-hydrogen) atoms. The minimum atomic E-state index is -0.651. The molecule has 0 aliphatic heterocycles. The summed E-state index contributed by atoms with van der Waals surface area (Å²) in [5, 5.41) is 8.65. The van der Waals surface area contributed by atoms with Crippen LogP contribution in [0.1, 0.15) is 187 Å². The predicted molar refractivity (Wildman–Crippen MR) is 183 cm³/mol. The molecule has 0 aliphatic carbocycles. The number of nitrogens with zero attached hydrogens (tertiary/aromatic N) is 1. The second kappa shape index (κ2) is 31.8. The topological polar surface area (TPSA) is 37.3 Å². The van der Waals surface area contributed by atoms with Crippen molar-refractivity contribution in [3.8, 4) is 0 Å². The molecule has 242 valence electrons. The van der Waals surface area contributed by atoms with E-state index in [4.69, 9.17) is 5.11 Å². The maximum atomic E-state index is 10.5. The summed E-state index contributed by atoms with van der Waals surface area (Å²) in [6.45, 7) is 4.96. The Morgan fingerprint density at radius 1 is 0.488 bits per heavy atom. The van der Waals surface area contributed by atoms with Crippen LogP contribution in [0.25, 0.3) is 0 Å². The minimum absolute atomic E-state index is 0.342. The molecule has 0 spiro atoms. The lowest BCUT2D eigenvalue weighted by Crippen LogP contribution is -2.41. The number of hydrogen-bond donors (Lipinski definition) is 1. The van der Waals surface area contributed by atoms with Crippen molar-refractivity contribution < 1.29 is 14.4 Å². The fourth-order valence-corrected chi connectivity index (χ4v) is 5.75. The molecule has 0 heterocycles. The molecular formula is C38H74NO2+. The highest BCUT2D eigenvalue weighted by Gasteiger charge is 2.13. The third kappa shape index (κ3) is 35.0. The Morgan fingerprint density at radius 2 is 0.829 bits per heavy atom. The zero-order chi connectivity index (χ0) is 30.1. The minimum Gasteiger partial charge on any atom is -0.481 e.